The van der Waals surface area contributed by atoms with E-state index in [0.717, 1.165) is 29.2 Å². The Morgan fingerprint density at radius 2 is 1.63 bits per heavy atom. The number of para-hydroxylation sites is 1. The number of benzene rings is 2. The summed E-state index contributed by atoms with van der Waals surface area (Å²) < 4.78 is 10.9. The summed E-state index contributed by atoms with van der Waals surface area (Å²) >= 11 is 0. The van der Waals surface area contributed by atoms with Crippen LogP contribution in [0.3, 0.4) is 0 Å². The topological polar surface area (TPSA) is 30.5 Å². The van der Waals surface area contributed by atoms with Crippen molar-refractivity contribution in [3.8, 4) is 22.6 Å². The van der Waals surface area contributed by atoms with Gasteiger partial charge in [-0.25, -0.2) is 0 Å². The first kappa shape index (κ1) is 13.4. The Hall–Kier alpha value is -2.00. The third-order valence-corrected chi connectivity index (χ3v) is 3.08. The van der Waals surface area contributed by atoms with Crippen molar-refractivity contribution in [2.45, 2.75) is 6.54 Å². The quantitative estimate of drug-likeness (QED) is 0.893. The molecule has 3 heteroatoms. The molecule has 100 valence electrons. The minimum absolute atomic E-state index is 0.749. The molecule has 0 amide bonds. The Bertz CT molecular complexity index is 552. The first-order valence-corrected chi connectivity index (χ1v) is 6.25. The first-order chi connectivity index (χ1) is 9.31. The lowest BCUT2D eigenvalue weighted by molar-refractivity contribution is 0.356. The van der Waals surface area contributed by atoms with Crippen molar-refractivity contribution < 1.29 is 9.47 Å². The van der Waals surface area contributed by atoms with Gasteiger partial charge >= 0.3 is 0 Å². The van der Waals surface area contributed by atoms with Gasteiger partial charge in [0.05, 0.1) is 14.2 Å². The molecule has 0 atom stereocenters. The van der Waals surface area contributed by atoms with Gasteiger partial charge in [0.2, 0.25) is 0 Å². The van der Waals surface area contributed by atoms with Crippen molar-refractivity contribution in [3.63, 3.8) is 0 Å². The van der Waals surface area contributed by atoms with Crippen LogP contribution >= 0.6 is 0 Å². The fraction of sp³-hybridized carbons (Fsp3) is 0.250. The molecule has 0 unspecified atom stereocenters. The Kier molecular flexibility index (Phi) is 4.42. The number of nitrogens with one attached hydrogen (secondary N) is 1. The molecule has 2 rings (SSSR count). The number of ether oxygens (including phenoxy) is 2. The molecule has 0 aliphatic rings. The number of methoxy groups -OCH3 is 2. The lowest BCUT2D eigenvalue weighted by Crippen LogP contribution is -2.06. The molecule has 2 aromatic rings. The molecule has 0 aliphatic carbocycles. The molecule has 0 saturated heterocycles. The molecule has 1 N–H and O–H groups in total. The molecular weight excluding hydrogens is 238 g/mol. The lowest BCUT2D eigenvalue weighted by atomic mass is 9.98. The maximum atomic E-state index is 5.51. The third-order valence-electron chi connectivity index (χ3n) is 3.08. The molecule has 0 radical (unpaired) electrons. The molecular formula is C16H19NO2. The zero-order valence-electron chi connectivity index (χ0n) is 11.6. The average molecular weight is 257 g/mol. The SMILES string of the molecule is CNCc1ccccc1-c1cccc(OC)c1OC. The van der Waals surface area contributed by atoms with Crippen LogP contribution in [0.5, 0.6) is 11.5 Å². The normalized spacial score (nSPS) is 10.3. The van der Waals surface area contributed by atoms with Gasteiger partial charge in [0, 0.05) is 12.1 Å². The van der Waals surface area contributed by atoms with Crippen LogP contribution in [-0.2, 0) is 6.54 Å². The van der Waals surface area contributed by atoms with Crippen LogP contribution < -0.4 is 14.8 Å². The van der Waals surface area contributed by atoms with E-state index in [9.17, 15) is 0 Å². The molecule has 3 nitrogen and oxygen atoms in total. The minimum Gasteiger partial charge on any atom is -0.493 e. The van der Waals surface area contributed by atoms with Gasteiger partial charge < -0.3 is 14.8 Å². The molecule has 0 aliphatic heterocycles. The molecule has 2 aromatic carbocycles. The van der Waals surface area contributed by atoms with Gasteiger partial charge in [0.15, 0.2) is 11.5 Å². The van der Waals surface area contributed by atoms with E-state index in [0.29, 0.717) is 0 Å². The van der Waals surface area contributed by atoms with E-state index in [-0.39, 0.29) is 0 Å². The van der Waals surface area contributed by atoms with Gasteiger partial charge in [-0.05, 0) is 24.2 Å². The molecule has 0 aromatic heterocycles. The Morgan fingerprint density at radius 3 is 2.32 bits per heavy atom. The molecule has 0 bridgehead atoms. The van der Waals surface area contributed by atoms with Crippen molar-refractivity contribution in [2.75, 3.05) is 21.3 Å². The maximum Gasteiger partial charge on any atom is 0.168 e. The van der Waals surface area contributed by atoms with Crippen LogP contribution in [0.15, 0.2) is 42.5 Å². The highest BCUT2D eigenvalue weighted by molar-refractivity contribution is 5.76. The van der Waals surface area contributed by atoms with Crippen molar-refractivity contribution in [2.24, 2.45) is 0 Å². The lowest BCUT2D eigenvalue weighted by Gasteiger charge is -2.15. The smallest absolute Gasteiger partial charge is 0.168 e. The predicted molar refractivity (Wildman–Crippen MR) is 77.7 cm³/mol. The minimum atomic E-state index is 0.749. The highest BCUT2D eigenvalue weighted by Crippen LogP contribution is 2.38. The zero-order valence-corrected chi connectivity index (χ0v) is 11.6. The highest BCUT2D eigenvalue weighted by Gasteiger charge is 2.13. The Balaban J connectivity index is 2.58. The van der Waals surface area contributed by atoms with Crippen molar-refractivity contribution in [3.05, 3.63) is 48.0 Å². The largest absolute Gasteiger partial charge is 0.493 e. The summed E-state index contributed by atoms with van der Waals surface area (Å²) in [7, 11) is 5.27. The van der Waals surface area contributed by atoms with E-state index in [4.69, 9.17) is 9.47 Å². The van der Waals surface area contributed by atoms with Crippen LogP contribution in [0.25, 0.3) is 11.1 Å². The van der Waals surface area contributed by atoms with Crippen LogP contribution in [0.4, 0.5) is 0 Å². The molecule has 0 heterocycles. The standard InChI is InChI=1S/C16H19NO2/c1-17-11-12-7-4-5-8-13(12)14-9-6-10-15(18-2)16(14)19-3/h4-10,17H,11H2,1-3H3. The van der Waals surface area contributed by atoms with Gasteiger partial charge in [0.25, 0.3) is 0 Å². The summed E-state index contributed by atoms with van der Waals surface area (Å²) in [6, 6.07) is 14.2. The first-order valence-electron chi connectivity index (χ1n) is 6.25. The van der Waals surface area contributed by atoms with E-state index in [1.807, 2.05) is 31.3 Å². The van der Waals surface area contributed by atoms with Crippen LogP contribution in [0.1, 0.15) is 5.56 Å². The number of hydrogen-bond acceptors (Lipinski definition) is 3. The van der Waals surface area contributed by atoms with Crippen LogP contribution in [0, 0.1) is 0 Å². The van der Waals surface area contributed by atoms with E-state index >= 15 is 0 Å². The zero-order chi connectivity index (χ0) is 13.7. The van der Waals surface area contributed by atoms with Crippen molar-refractivity contribution >= 4 is 0 Å². The average Bonchev–Trinajstić information content (AvgIpc) is 2.47. The molecule has 0 fully saturated rings. The summed E-state index contributed by atoms with van der Waals surface area (Å²) in [5.41, 5.74) is 3.44. The third kappa shape index (κ3) is 2.71. The van der Waals surface area contributed by atoms with Gasteiger partial charge in [-0.15, -0.1) is 0 Å². The summed E-state index contributed by atoms with van der Waals surface area (Å²) in [6.07, 6.45) is 0. The summed E-state index contributed by atoms with van der Waals surface area (Å²) in [6.45, 7) is 0.816. The Morgan fingerprint density at radius 1 is 0.895 bits per heavy atom. The van der Waals surface area contributed by atoms with Gasteiger partial charge in [-0.1, -0.05) is 36.4 Å². The van der Waals surface area contributed by atoms with E-state index in [1.165, 1.54) is 5.56 Å². The second-order valence-corrected chi connectivity index (χ2v) is 4.23. The van der Waals surface area contributed by atoms with Gasteiger partial charge in [-0.3, -0.25) is 0 Å². The van der Waals surface area contributed by atoms with Crippen LogP contribution in [0.2, 0.25) is 0 Å². The highest BCUT2D eigenvalue weighted by atomic mass is 16.5. The van der Waals surface area contributed by atoms with Crippen molar-refractivity contribution in [1.29, 1.82) is 0 Å². The Labute approximate surface area is 114 Å². The fourth-order valence-corrected chi connectivity index (χ4v) is 2.23. The summed E-state index contributed by atoms with van der Waals surface area (Å²) in [5, 5.41) is 3.19. The van der Waals surface area contributed by atoms with Gasteiger partial charge in [-0.2, -0.15) is 0 Å². The van der Waals surface area contributed by atoms with Gasteiger partial charge in [0.1, 0.15) is 0 Å². The molecule has 0 spiro atoms. The second-order valence-electron chi connectivity index (χ2n) is 4.23. The second kappa shape index (κ2) is 6.25. The van der Waals surface area contributed by atoms with E-state index in [2.05, 4.69) is 23.5 Å². The van der Waals surface area contributed by atoms with E-state index in [1.54, 1.807) is 14.2 Å². The van der Waals surface area contributed by atoms with Crippen LogP contribution in [-0.4, -0.2) is 21.3 Å². The summed E-state index contributed by atoms with van der Waals surface area (Å²) in [4.78, 5) is 0. The maximum absolute atomic E-state index is 5.51. The molecule has 0 saturated carbocycles. The molecule has 19 heavy (non-hydrogen) atoms. The number of rotatable bonds is 5. The van der Waals surface area contributed by atoms with E-state index < -0.39 is 0 Å². The monoisotopic (exact) mass is 257 g/mol. The van der Waals surface area contributed by atoms with Crippen molar-refractivity contribution in [1.82, 2.24) is 5.32 Å². The number of hydrogen-bond donors (Lipinski definition) is 1. The fourth-order valence-electron chi connectivity index (χ4n) is 2.23. The predicted octanol–water partition coefficient (Wildman–Crippen LogP) is 3.09. The summed E-state index contributed by atoms with van der Waals surface area (Å²) in [5.74, 6) is 1.52.